The maximum absolute atomic E-state index is 13.9. The number of fused-ring (bicyclic) bond motifs is 3. The summed E-state index contributed by atoms with van der Waals surface area (Å²) in [7, 11) is 0. The minimum absolute atomic E-state index is 0.424. The normalized spacial score (nSPS) is 17.9. The van der Waals surface area contributed by atoms with Crippen LogP contribution in [-0.2, 0) is 10.5 Å². The second kappa shape index (κ2) is 9.29. The van der Waals surface area contributed by atoms with Crippen LogP contribution in [0, 0.1) is 0 Å². The number of nitrogens with zero attached hydrogens (tertiary/aromatic N) is 3. The molecule has 0 saturated heterocycles. The van der Waals surface area contributed by atoms with Gasteiger partial charge in [0, 0.05) is 29.8 Å². The van der Waals surface area contributed by atoms with Gasteiger partial charge in [-0.05, 0) is 29.7 Å². The fraction of sp³-hybridized carbons (Fsp3) is 0.269. The number of hydrogen-bond donors (Lipinski definition) is 0. The molecule has 0 fully saturated rings. The zero-order valence-electron chi connectivity index (χ0n) is 19.9. The van der Waals surface area contributed by atoms with Crippen molar-refractivity contribution < 1.29 is 27.5 Å². The fourth-order valence-corrected chi connectivity index (χ4v) is 5.78. The Morgan fingerprint density at radius 2 is 1.73 bits per heavy atom. The van der Waals surface area contributed by atoms with E-state index >= 15 is 0 Å². The molecule has 0 radical (unpaired) electrons. The van der Waals surface area contributed by atoms with Gasteiger partial charge in [0.05, 0.1) is 6.04 Å². The van der Waals surface area contributed by atoms with E-state index in [0.29, 0.717) is 10.7 Å². The molecule has 2 atom stereocenters. The molecule has 1 aromatic heterocycles. The van der Waals surface area contributed by atoms with E-state index in [-0.39, 0.29) is 0 Å². The third kappa shape index (κ3) is 4.37. The van der Waals surface area contributed by atoms with Crippen LogP contribution in [0.3, 0.4) is 0 Å². The van der Waals surface area contributed by atoms with Crippen molar-refractivity contribution in [3.05, 3.63) is 93.4 Å². The first-order valence-corrected chi connectivity index (χ1v) is 12.4. The Hall–Kier alpha value is -3.73. The second-order valence-electron chi connectivity index (χ2n) is 8.80. The molecular formula is C26H22F3N3O4S. The Morgan fingerprint density at radius 1 is 1.05 bits per heavy atom. The number of aromatic nitrogens is 1. The molecule has 1 amide bonds. The van der Waals surface area contributed by atoms with Crippen LogP contribution in [0.2, 0.25) is 0 Å². The van der Waals surface area contributed by atoms with Crippen LogP contribution in [0.25, 0.3) is 0 Å². The number of benzene rings is 2. The highest BCUT2D eigenvalue weighted by molar-refractivity contribution is 7.98. The Morgan fingerprint density at radius 3 is 2.43 bits per heavy atom. The summed E-state index contributed by atoms with van der Waals surface area (Å²) in [5.41, 5.74) is 1.46. The number of esters is 1. The highest BCUT2D eigenvalue weighted by atomic mass is 32.2. The van der Waals surface area contributed by atoms with Gasteiger partial charge in [-0.2, -0.15) is 13.2 Å². The van der Waals surface area contributed by atoms with Gasteiger partial charge in [0.2, 0.25) is 11.2 Å². The Labute approximate surface area is 214 Å². The van der Waals surface area contributed by atoms with Gasteiger partial charge >= 0.3 is 12.1 Å². The maximum atomic E-state index is 13.9. The van der Waals surface area contributed by atoms with Crippen molar-refractivity contribution in [2.45, 2.75) is 42.8 Å². The lowest BCUT2D eigenvalue weighted by atomic mass is 9.94. The predicted molar refractivity (Wildman–Crippen MR) is 131 cm³/mol. The van der Waals surface area contributed by atoms with Gasteiger partial charge in [0.25, 0.3) is 5.91 Å². The number of rotatable bonds is 3. The van der Waals surface area contributed by atoms with Crippen molar-refractivity contribution in [2.24, 2.45) is 0 Å². The number of carbonyl (C=O) groups is 2. The summed E-state index contributed by atoms with van der Waals surface area (Å²) in [6, 6.07) is 13.6. The van der Waals surface area contributed by atoms with Gasteiger partial charge in [-0.3, -0.25) is 24.1 Å². The molecule has 0 N–H and O–H groups in total. The Bertz CT molecular complexity index is 1410. The van der Waals surface area contributed by atoms with Crippen molar-refractivity contribution in [3.63, 3.8) is 0 Å². The molecule has 11 heteroatoms. The number of amides is 1. The van der Waals surface area contributed by atoms with Gasteiger partial charge in [0.15, 0.2) is 5.69 Å². The summed E-state index contributed by atoms with van der Waals surface area (Å²) in [6.45, 7) is 1.52. The summed E-state index contributed by atoms with van der Waals surface area (Å²) in [6.07, 6.45) is -3.39. The van der Waals surface area contributed by atoms with Crippen LogP contribution in [0.1, 0.15) is 47.1 Å². The van der Waals surface area contributed by atoms with E-state index in [1.807, 2.05) is 48.5 Å². The molecule has 2 aliphatic heterocycles. The molecule has 3 aromatic rings. The third-order valence-electron chi connectivity index (χ3n) is 6.50. The van der Waals surface area contributed by atoms with Crippen molar-refractivity contribution in [1.29, 1.82) is 0 Å². The van der Waals surface area contributed by atoms with Crippen molar-refractivity contribution >= 4 is 23.6 Å². The first kappa shape index (κ1) is 24.9. The van der Waals surface area contributed by atoms with E-state index in [1.54, 1.807) is 16.8 Å². The van der Waals surface area contributed by atoms with Gasteiger partial charge in [0.1, 0.15) is 12.7 Å². The van der Waals surface area contributed by atoms with E-state index in [1.165, 1.54) is 10.9 Å². The molecule has 0 saturated carbocycles. The molecule has 2 aliphatic rings. The van der Waals surface area contributed by atoms with Gasteiger partial charge in [-0.25, -0.2) is 0 Å². The standard InChI is InChI=1S/C26H22F3N3O4S/c1-15(26(27,28)29)30-14-32(31-12-11-20(34)24(36-16(2)33)23(31)25(30)35)22-18-8-4-3-7-17(18)13-37-21-10-6-5-9-19(21)22/h3-12,15,22H,13-14H2,1-2H3/t15-,22+/m1/s1. The van der Waals surface area contributed by atoms with Crippen LogP contribution >= 0.6 is 11.8 Å². The zero-order valence-corrected chi connectivity index (χ0v) is 20.7. The minimum Gasteiger partial charge on any atom is -0.420 e. The van der Waals surface area contributed by atoms with Gasteiger partial charge < -0.3 is 9.64 Å². The van der Waals surface area contributed by atoms with E-state index in [4.69, 9.17) is 4.74 Å². The first-order chi connectivity index (χ1) is 17.6. The molecule has 192 valence electrons. The molecule has 5 rings (SSSR count). The SMILES string of the molecule is CC(=O)Oc1c2n(ccc1=O)N([C@H]1c3ccccc3CSc3ccccc31)CN([C@H](C)C(F)(F)F)C2=O. The lowest BCUT2D eigenvalue weighted by molar-refractivity contribution is -0.173. The van der Waals surface area contributed by atoms with Crippen LogP contribution in [0.5, 0.6) is 5.75 Å². The number of thioether (sulfide) groups is 1. The van der Waals surface area contributed by atoms with Crippen LogP contribution in [0.15, 0.2) is 70.5 Å². The number of alkyl halides is 3. The quantitative estimate of drug-likeness (QED) is 0.467. The zero-order chi connectivity index (χ0) is 26.5. The lowest BCUT2D eigenvalue weighted by Gasteiger charge is -2.46. The van der Waals surface area contributed by atoms with E-state index in [9.17, 15) is 27.6 Å². The number of hydrogen-bond acceptors (Lipinski definition) is 6. The molecule has 2 aromatic carbocycles. The largest absolute Gasteiger partial charge is 0.420 e. The lowest BCUT2D eigenvalue weighted by Crippen LogP contribution is -2.60. The minimum atomic E-state index is -4.73. The van der Waals surface area contributed by atoms with E-state index < -0.39 is 53.7 Å². The molecular weight excluding hydrogens is 507 g/mol. The number of pyridine rings is 1. The molecule has 3 heterocycles. The van der Waals surface area contributed by atoms with Gasteiger partial charge in [-0.15, -0.1) is 11.8 Å². The highest BCUT2D eigenvalue weighted by Crippen LogP contribution is 2.43. The molecule has 0 spiro atoms. The van der Waals surface area contributed by atoms with Crippen molar-refractivity contribution in [3.8, 4) is 5.75 Å². The Balaban J connectivity index is 1.79. The maximum Gasteiger partial charge on any atom is 0.408 e. The van der Waals surface area contributed by atoms with E-state index in [0.717, 1.165) is 41.5 Å². The topological polar surface area (TPSA) is 71.8 Å². The number of halogens is 3. The first-order valence-electron chi connectivity index (χ1n) is 11.5. The van der Waals surface area contributed by atoms with Crippen molar-refractivity contribution in [2.75, 3.05) is 11.7 Å². The molecule has 0 bridgehead atoms. The summed E-state index contributed by atoms with van der Waals surface area (Å²) >= 11 is 1.61. The summed E-state index contributed by atoms with van der Waals surface area (Å²) in [5, 5.41) is 1.61. The molecule has 37 heavy (non-hydrogen) atoms. The molecule has 7 nitrogen and oxygen atoms in total. The summed E-state index contributed by atoms with van der Waals surface area (Å²) in [5.74, 6) is -1.88. The number of ether oxygens (including phenoxy) is 1. The van der Waals surface area contributed by atoms with Gasteiger partial charge in [-0.1, -0.05) is 42.5 Å². The number of carbonyl (C=O) groups excluding carboxylic acids is 2. The molecule has 0 unspecified atom stereocenters. The smallest absolute Gasteiger partial charge is 0.408 e. The monoisotopic (exact) mass is 529 g/mol. The average molecular weight is 530 g/mol. The summed E-state index contributed by atoms with van der Waals surface area (Å²) in [4.78, 5) is 39.6. The average Bonchev–Trinajstić information content (AvgIpc) is 3.02. The predicted octanol–water partition coefficient (Wildman–Crippen LogP) is 4.47. The highest BCUT2D eigenvalue weighted by Gasteiger charge is 2.48. The van der Waals surface area contributed by atoms with Crippen molar-refractivity contribution in [1.82, 2.24) is 9.58 Å². The van der Waals surface area contributed by atoms with Crippen LogP contribution < -0.4 is 15.2 Å². The third-order valence-corrected chi connectivity index (χ3v) is 7.64. The Kier molecular flexibility index (Phi) is 6.26. The second-order valence-corrected chi connectivity index (χ2v) is 9.81. The fourth-order valence-electron chi connectivity index (χ4n) is 4.68. The van der Waals surface area contributed by atoms with Crippen LogP contribution in [-0.4, -0.2) is 40.3 Å². The van der Waals surface area contributed by atoms with Crippen LogP contribution in [0.4, 0.5) is 13.2 Å². The molecule has 0 aliphatic carbocycles. The summed E-state index contributed by atoms with van der Waals surface area (Å²) < 4.78 is 48.2. The van der Waals surface area contributed by atoms with E-state index in [2.05, 4.69) is 0 Å².